The summed E-state index contributed by atoms with van der Waals surface area (Å²) in [4.78, 5) is 25.8. The van der Waals surface area contributed by atoms with E-state index in [-0.39, 0.29) is 42.6 Å². The van der Waals surface area contributed by atoms with Crippen LogP contribution in [-0.4, -0.2) is 42.5 Å². The number of likely N-dealkylation sites (tertiary alicyclic amines) is 1. The maximum absolute atomic E-state index is 13.7. The summed E-state index contributed by atoms with van der Waals surface area (Å²) in [7, 11) is 0. The summed E-state index contributed by atoms with van der Waals surface area (Å²) in [5.74, 6) is -0.919. The zero-order chi connectivity index (χ0) is 16.2. The highest BCUT2D eigenvalue weighted by Gasteiger charge is 2.34. The van der Waals surface area contributed by atoms with E-state index in [1.165, 1.54) is 6.07 Å². The van der Waals surface area contributed by atoms with E-state index in [9.17, 15) is 14.0 Å². The van der Waals surface area contributed by atoms with E-state index in [1.807, 2.05) is 0 Å². The molecule has 0 aromatic heterocycles. The molecule has 0 aliphatic carbocycles. The molecule has 0 saturated carbocycles. The molecule has 2 saturated heterocycles. The second-order valence-electron chi connectivity index (χ2n) is 6.15. The van der Waals surface area contributed by atoms with Crippen molar-refractivity contribution in [3.05, 3.63) is 35.6 Å². The van der Waals surface area contributed by atoms with Crippen LogP contribution in [0.15, 0.2) is 24.3 Å². The highest BCUT2D eigenvalue weighted by atomic mass is 19.1. The van der Waals surface area contributed by atoms with Gasteiger partial charge in [0.1, 0.15) is 5.82 Å². The summed E-state index contributed by atoms with van der Waals surface area (Å²) >= 11 is 0. The fourth-order valence-corrected chi connectivity index (χ4v) is 3.10. The maximum Gasteiger partial charge on any atom is 0.225 e. The lowest BCUT2D eigenvalue weighted by Gasteiger charge is -2.17. The van der Waals surface area contributed by atoms with Gasteiger partial charge in [-0.2, -0.15) is 0 Å². The molecule has 0 unspecified atom stereocenters. The first-order chi connectivity index (χ1) is 11.1. The Balaban J connectivity index is 1.52. The molecule has 1 aromatic rings. The Kier molecular flexibility index (Phi) is 4.91. The van der Waals surface area contributed by atoms with Crippen LogP contribution in [0.25, 0.3) is 0 Å². The van der Waals surface area contributed by atoms with Crippen molar-refractivity contribution >= 4 is 11.8 Å². The lowest BCUT2D eigenvalue weighted by Crippen LogP contribution is -2.37. The van der Waals surface area contributed by atoms with Crippen LogP contribution in [0.1, 0.15) is 24.8 Å². The van der Waals surface area contributed by atoms with Crippen LogP contribution in [0.5, 0.6) is 0 Å². The van der Waals surface area contributed by atoms with E-state index >= 15 is 0 Å². The number of carbonyl (C=O) groups excluding carboxylic acids is 2. The Morgan fingerprint density at radius 3 is 2.96 bits per heavy atom. The number of ether oxygens (including phenoxy) is 1. The van der Waals surface area contributed by atoms with E-state index in [1.54, 1.807) is 23.1 Å². The molecule has 5 nitrogen and oxygen atoms in total. The first kappa shape index (κ1) is 15.9. The third kappa shape index (κ3) is 3.88. The van der Waals surface area contributed by atoms with Gasteiger partial charge < -0.3 is 15.0 Å². The topological polar surface area (TPSA) is 58.6 Å². The first-order valence-electron chi connectivity index (χ1n) is 8.04. The maximum atomic E-state index is 13.7. The quantitative estimate of drug-likeness (QED) is 0.894. The van der Waals surface area contributed by atoms with Gasteiger partial charge >= 0.3 is 0 Å². The van der Waals surface area contributed by atoms with Crippen molar-refractivity contribution in [3.8, 4) is 0 Å². The van der Waals surface area contributed by atoms with Gasteiger partial charge in [0.05, 0.1) is 12.0 Å². The summed E-state index contributed by atoms with van der Waals surface area (Å²) in [5, 5.41) is 2.87. The summed E-state index contributed by atoms with van der Waals surface area (Å²) in [6.45, 7) is 1.79. The predicted octanol–water partition coefficient (Wildman–Crippen LogP) is 1.47. The molecule has 124 valence electrons. The SMILES string of the molecule is O=C(NC[C@@H]1CCCO1)[C@@H]1CC(=O)N(Cc2ccccc2F)C1. The standard InChI is InChI=1S/C17H21FN2O3/c18-15-6-2-1-4-12(15)10-20-11-13(8-16(20)21)17(22)19-9-14-5-3-7-23-14/h1-2,4,6,13-14H,3,5,7-11H2,(H,19,22)/t13-,14+/m1/s1. The van der Waals surface area contributed by atoms with Crippen LogP contribution in [-0.2, 0) is 20.9 Å². The van der Waals surface area contributed by atoms with E-state index in [2.05, 4.69) is 5.32 Å². The van der Waals surface area contributed by atoms with E-state index < -0.39 is 0 Å². The largest absolute Gasteiger partial charge is 0.376 e. The van der Waals surface area contributed by atoms with Crippen LogP contribution in [0.3, 0.4) is 0 Å². The average Bonchev–Trinajstić information content (AvgIpc) is 3.18. The van der Waals surface area contributed by atoms with Gasteiger partial charge in [-0.3, -0.25) is 9.59 Å². The molecule has 3 rings (SSSR count). The molecule has 2 amide bonds. The van der Waals surface area contributed by atoms with Crippen LogP contribution < -0.4 is 5.32 Å². The average molecular weight is 320 g/mol. The van der Waals surface area contributed by atoms with Crippen molar-refractivity contribution in [1.82, 2.24) is 10.2 Å². The summed E-state index contributed by atoms with van der Waals surface area (Å²) < 4.78 is 19.2. The van der Waals surface area contributed by atoms with Crippen molar-refractivity contribution in [1.29, 1.82) is 0 Å². The molecule has 6 heteroatoms. The fraction of sp³-hybridized carbons (Fsp3) is 0.529. The molecule has 2 aliphatic heterocycles. The number of hydrogen-bond acceptors (Lipinski definition) is 3. The number of hydrogen-bond donors (Lipinski definition) is 1. The highest BCUT2D eigenvalue weighted by Crippen LogP contribution is 2.21. The van der Waals surface area contributed by atoms with Crippen molar-refractivity contribution < 1.29 is 18.7 Å². The minimum absolute atomic E-state index is 0.0885. The zero-order valence-electron chi connectivity index (χ0n) is 13.0. The molecule has 1 N–H and O–H groups in total. The summed E-state index contributed by atoms with van der Waals surface area (Å²) in [5.41, 5.74) is 0.473. The van der Waals surface area contributed by atoms with Crippen molar-refractivity contribution in [2.24, 2.45) is 5.92 Å². The first-order valence-corrected chi connectivity index (χ1v) is 8.04. The molecule has 1 aromatic carbocycles. The van der Waals surface area contributed by atoms with Gasteiger partial charge in [0.25, 0.3) is 0 Å². The smallest absolute Gasteiger partial charge is 0.225 e. The minimum atomic E-state index is -0.365. The molecule has 2 fully saturated rings. The van der Waals surface area contributed by atoms with Crippen LogP contribution in [0, 0.1) is 11.7 Å². The molecule has 0 radical (unpaired) electrons. The third-order valence-corrected chi connectivity index (χ3v) is 4.43. The Morgan fingerprint density at radius 1 is 1.39 bits per heavy atom. The van der Waals surface area contributed by atoms with Gasteiger partial charge in [-0.1, -0.05) is 18.2 Å². The lowest BCUT2D eigenvalue weighted by molar-refractivity contribution is -0.129. The van der Waals surface area contributed by atoms with Crippen molar-refractivity contribution in [2.45, 2.75) is 31.9 Å². The predicted molar refractivity (Wildman–Crippen MR) is 81.9 cm³/mol. The number of benzene rings is 1. The Labute approximate surface area is 134 Å². The molecule has 2 heterocycles. The third-order valence-electron chi connectivity index (χ3n) is 4.43. The summed E-state index contributed by atoms with van der Waals surface area (Å²) in [6, 6.07) is 6.39. The Morgan fingerprint density at radius 2 is 2.22 bits per heavy atom. The molecular weight excluding hydrogens is 299 g/mol. The molecule has 2 aliphatic rings. The second-order valence-corrected chi connectivity index (χ2v) is 6.15. The molecular formula is C17H21FN2O3. The normalized spacial score (nSPS) is 24.2. The Bertz CT molecular complexity index is 587. The van der Waals surface area contributed by atoms with Crippen LogP contribution in [0.4, 0.5) is 4.39 Å². The van der Waals surface area contributed by atoms with Crippen LogP contribution >= 0.6 is 0 Å². The van der Waals surface area contributed by atoms with Crippen molar-refractivity contribution in [2.75, 3.05) is 19.7 Å². The zero-order valence-corrected chi connectivity index (χ0v) is 13.0. The minimum Gasteiger partial charge on any atom is -0.376 e. The van der Waals surface area contributed by atoms with E-state index in [0.29, 0.717) is 18.7 Å². The van der Waals surface area contributed by atoms with Gasteiger partial charge in [0, 0.05) is 38.2 Å². The molecule has 0 spiro atoms. The fourth-order valence-electron chi connectivity index (χ4n) is 3.10. The van der Waals surface area contributed by atoms with Gasteiger partial charge in [-0.05, 0) is 18.9 Å². The number of rotatable bonds is 5. The second kappa shape index (κ2) is 7.08. The molecule has 0 bridgehead atoms. The van der Waals surface area contributed by atoms with Crippen LogP contribution in [0.2, 0.25) is 0 Å². The van der Waals surface area contributed by atoms with E-state index in [0.717, 1.165) is 19.4 Å². The molecule has 2 atom stereocenters. The monoisotopic (exact) mass is 320 g/mol. The van der Waals surface area contributed by atoms with Gasteiger partial charge in [-0.15, -0.1) is 0 Å². The highest BCUT2D eigenvalue weighted by molar-refractivity contribution is 5.89. The van der Waals surface area contributed by atoms with E-state index in [4.69, 9.17) is 4.74 Å². The lowest BCUT2D eigenvalue weighted by atomic mass is 10.1. The van der Waals surface area contributed by atoms with Crippen molar-refractivity contribution in [3.63, 3.8) is 0 Å². The van der Waals surface area contributed by atoms with Gasteiger partial charge in [0.2, 0.25) is 11.8 Å². The number of nitrogens with one attached hydrogen (secondary N) is 1. The molecule has 23 heavy (non-hydrogen) atoms. The number of carbonyl (C=O) groups is 2. The number of amides is 2. The summed E-state index contributed by atoms with van der Waals surface area (Å²) in [6.07, 6.45) is 2.26. The number of nitrogens with zero attached hydrogens (tertiary/aromatic N) is 1. The number of halogens is 1. The van der Waals surface area contributed by atoms with Gasteiger partial charge in [0.15, 0.2) is 0 Å². The van der Waals surface area contributed by atoms with Gasteiger partial charge in [-0.25, -0.2) is 4.39 Å². The Hall–Kier alpha value is -1.95.